The molecule has 0 aromatic rings. The normalized spacial score (nSPS) is 17.0. The Hall–Kier alpha value is -1.23. The van der Waals surface area contributed by atoms with E-state index in [1.807, 2.05) is 19.0 Å². The van der Waals surface area contributed by atoms with Crippen LogP contribution in [-0.2, 0) is 0 Å². The summed E-state index contributed by atoms with van der Waals surface area (Å²) in [5.41, 5.74) is 10.5. The van der Waals surface area contributed by atoms with E-state index in [0.717, 1.165) is 13.1 Å². The average molecular weight is 183 g/mol. The molecule has 5 nitrogen and oxygen atoms in total. The zero-order chi connectivity index (χ0) is 10.0. The minimum atomic E-state index is 0.193. The van der Waals surface area contributed by atoms with Gasteiger partial charge in [-0.05, 0) is 14.1 Å². The number of likely N-dealkylation sites (N-methyl/N-ethyl adjacent to an activating group) is 1. The SMILES string of the molecule is CN(C)C1CN(C(=N)C=C(N)N)C1. The van der Waals surface area contributed by atoms with Crippen LogP contribution in [0.5, 0.6) is 0 Å². The largest absolute Gasteiger partial charge is 0.386 e. The number of nitrogens with two attached hydrogens (primary N) is 2. The monoisotopic (exact) mass is 183 g/mol. The highest BCUT2D eigenvalue weighted by atomic mass is 15.3. The van der Waals surface area contributed by atoms with Crippen molar-refractivity contribution in [3.8, 4) is 0 Å². The molecule has 5 N–H and O–H groups in total. The molecular weight excluding hydrogens is 166 g/mol. The van der Waals surface area contributed by atoms with E-state index in [2.05, 4.69) is 4.90 Å². The van der Waals surface area contributed by atoms with Crippen LogP contribution in [0.25, 0.3) is 0 Å². The Morgan fingerprint density at radius 1 is 1.46 bits per heavy atom. The van der Waals surface area contributed by atoms with Crippen molar-refractivity contribution in [2.45, 2.75) is 6.04 Å². The Morgan fingerprint density at radius 2 is 2.00 bits per heavy atom. The molecule has 0 atom stereocenters. The average Bonchev–Trinajstić information content (AvgIpc) is 1.79. The van der Waals surface area contributed by atoms with Crippen LogP contribution in [0.3, 0.4) is 0 Å². The molecule has 0 aromatic heterocycles. The van der Waals surface area contributed by atoms with Gasteiger partial charge in [0.2, 0.25) is 0 Å². The molecule has 0 aliphatic carbocycles. The van der Waals surface area contributed by atoms with Gasteiger partial charge in [-0.1, -0.05) is 0 Å². The molecule has 0 radical (unpaired) electrons. The predicted octanol–water partition coefficient (Wildman–Crippen LogP) is -1.03. The highest BCUT2D eigenvalue weighted by molar-refractivity contribution is 5.91. The second kappa shape index (κ2) is 3.66. The van der Waals surface area contributed by atoms with Crippen LogP contribution in [0.1, 0.15) is 0 Å². The zero-order valence-corrected chi connectivity index (χ0v) is 8.12. The van der Waals surface area contributed by atoms with Crippen LogP contribution >= 0.6 is 0 Å². The van der Waals surface area contributed by atoms with E-state index in [9.17, 15) is 0 Å². The zero-order valence-electron chi connectivity index (χ0n) is 8.12. The summed E-state index contributed by atoms with van der Waals surface area (Å²) in [6.45, 7) is 1.77. The van der Waals surface area contributed by atoms with Gasteiger partial charge in [0, 0.05) is 25.2 Å². The summed E-state index contributed by atoms with van der Waals surface area (Å²) in [5, 5.41) is 7.58. The van der Waals surface area contributed by atoms with E-state index in [0.29, 0.717) is 11.9 Å². The Kier molecular flexibility index (Phi) is 2.77. The number of nitrogens with one attached hydrogen (secondary N) is 1. The number of amidine groups is 1. The lowest BCUT2D eigenvalue weighted by Crippen LogP contribution is -2.58. The van der Waals surface area contributed by atoms with Crippen molar-refractivity contribution in [2.24, 2.45) is 11.5 Å². The van der Waals surface area contributed by atoms with Gasteiger partial charge in [0.05, 0.1) is 5.82 Å². The quantitative estimate of drug-likeness (QED) is 0.377. The number of likely N-dealkylation sites (tertiary alicyclic amines) is 1. The van der Waals surface area contributed by atoms with Gasteiger partial charge < -0.3 is 21.3 Å². The topological polar surface area (TPSA) is 82.4 Å². The molecule has 1 rings (SSSR count). The first-order valence-electron chi connectivity index (χ1n) is 4.23. The van der Waals surface area contributed by atoms with E-state index in [4.69, 9.17) is 16.9 Å². The lowest BCUT2D eigenvalue weighted by Gasteiger charge is -2.43. The molecule has 1 saturated heterocycles. The van der Waals surface area contributed by atoms with Gasteiger partial charge in [0.15, 0.2) is 0 Å². The first-order valence-corrected chi connectivity index (χ1v) is 4.23. The Labute approximate surface area is 78.5 Å². The summed E-state index contributed by atoms with van der Waals surface area (Å²) in [4.78, 5) is 4.09. The molecule has 74 valence electrons. The predicted molar refractivity (Wildman–Crippen MR) is 53.2 cm³/mol. The highest BCUT2D eigenvalue weighted by Crippen LogP contribution is 2.12. The molecule has 0 unspecified atom stereocenters. The third-order valence-electron chi connectivity index (χ3n) is 2.24. The number of hydrogen-bond acceptors (Lipinski definition) is 4. The lowest BCUT2D eigenvalue weighted by molar-refractivity contribution is 0.124. The second-order valence-corrected chi connectivity index (χ2v) is 3.55. The summed E-state index contributed by atoms with van der Waals surface area (Å²) in [7, 11) is 4.08. The summed E-state index contributed by atoms with van der Waals surface area (Å²) < 4.78 is 0. The van der Waals surface area contributed by atoms with Gasteiger partial charge in [-0.2, -0.15) is 0 Å². The van der Waals surface area contributed by atoms with Crippen molar-refractivity contribution in [2.75, 3.05) is 27.2 Å². The number of hydrogen-bond donors (Lipinski definition) is 3. The van der Waals surface area contributed by atoms with Crippen LogP contribution in [0, 0.1) is 5.41 Å². The summed E-state index contributed by atoms with van der Waals surface area (Å²) >= 11 is 0. The first-order chi connectivity index (χ1) is 6.00. The maximum Gasteiger partial charge on any atom is 0.124 e. The minimum Gasteiger partial charge on any atom is -0.386 e. The van der Waals surface area contributed by atoms with Crippen LogP contribution < -0.4 is 11.5 Å². The van der Waals surface area contributed by atoms with Crippen LogP contribution in [0.15, 0.2) is 11.9 Å². The molecule has 0 spiro atoms. The van der Waals surface area contributed by atoms with Crippen molar-refractivity contribution < 1.29 is 0 Å². The Morgan fingerprint density at radius 3 is 2.38 bits per heavy atom. The maximum absolute atomic E-state index is 7.58. The number of nitrogens with zero attached hydrogens (tertiary/aromatic N) is 2. The third kappa shape index (κ3) is 2.35. The molecule has 1 fully saturated rings. The van der Waals surface area contributed by atoms with Crippen LogP contribution in [-0.4, -0.2) is 48.9 Å². The summed E-state index contributed by atoms with van der Waals surface area (Å²) in [5.74, 6) is 0.594. The van der Waals surface area contributed by atoms with Gasteiger partial charge in [-0.25, -0.2) is 0 Å². The highest BCUT2D eigenvalue weighted by Gasteiger charge is 2.29. The van der Waals surface area contributed by atoms with Crippen LogP contribution in [0.4, 0.5) is 0 Å². The molecule has 0 amide bonds. The van der Waals surface area contributed by atoms with Gasteiger partial charge in [0.1, 0.15) is 5.84 Å². The van der Waals surface area contributed by atoms with Crippen molar-refractivity contribution in [3.05, 3.63) is 11.9 Å². The van der Waals surface area contributed by atoms with Gasteiger partial charge in [-0.3, -0.25) is 5.41 Å². The smallest absolute Gasteiger partial charge is 0.124 e. The van der Waals surface area contributed by atoms with Crippen molar-refractivity contribution in [3.63, 3.8) is 0 Å². The van der Waals surface area contributed by atoms with Crippen molar-refractivity contribution in [1.29, 1.82) is 5.41 Å². The van der Waals surface area contributed by atoms with Gasteiger partial charge >= 0.3 is 0 Å². The Bertz CT molecular complexity index is 223. The molecule has 0 aromatic carbocycles. The third-order valence-corrected chi connectivity index (χ3v) is 2.24. The van der Waals surface area contributed by atoms with E-state index < -0.39 is 0 Å². The molecule has 1 heterocycles. The summed E-state index contributed by atoms with van der Waals surface area (Å²) in [6.07, 6.45) is 1.48. The first kappa shape index (κ1) is 9.85. The molecule has 0 saturated carbocycles. The maximum atomic E-state index is 7.58. The minimum absolute atomic E-state index is 0.193. The number of rotatable bonds is 2. The van der Waals surface area contributed by atoms with E-state index >= 15 is 0 Å². The molecule has 13 heavy (non-hydrogen) atoms. The fraction of sp³-hybridized carbons (Fsp3) is 0.625. The molecular formula is C8H17N5. The standard InChI is InChI=1S/C8H17N5/c1-12(2)6-4-13(5-6)8(11)3-7(9)10/h3,6,11H,4-5,9-10H2,1-2H3. The molecule has 5 heteroatoms. The van der Waals surface area contributed by atoms with Crippen molar-refractivity contribution in [1.82, 2.24) is 9.80 Å². The second-order valence-electron chi connectivity index (χ2n) is 3.55. The van der Waals surface area contributed by atoms with E-state index in [1.165, 1.54) is 6.08 Å². The van der Waals surface area contributed by atoms with E-state index in [1.54, 1.807) is 0 Å². The Balaban J connectivity index is 2.36. The lowest BCUT2D eigenvalue weighted by atomic mass is 10.1. The van der Waals surface area contributed by atoms with Crippen molar-refractivity contribution >= 4 is 5.84 Å². The fourth-order valence-electron chi connectivity index (χ4n) is 1.23. The van der Waals surface area contributed by atoms with Gasteiger partial charge in [0.25, 0.3) is 0 Å². The molecule has 0 bridgehead atoms. The van der Waals surface area contributed by atoms with Crippen LogP contribution in [0.2, 0.25) is 0 Å². The molecule has 1 aliphatic rings. The fourth-order valence-corrected chi connectivity index (χ4v) is 1.23. The molecule has 1 aliphatic heterocycles. The van der Waals surface area contributed by atoms with E-state index in [-0.39, 0.29) is 5.82 Å². The van der Waals surface area contributed by atoms with Gasteiger partial charge in [-0.15, -0.1) is 0 Å². The summed E-state index contributed by atoms with van der Waals surface area (Å²) in [6, 6.07) is 0.549.